The fourth-order valence-electron chi connectivity index (χ4n) is 2.04. The van der Waals surface area contributed by atoms with Crippen LogP contribution in [0.2, 0.25) is 0 Å². The molecule has 0 aliphatic heterocycles. The Labute approximate surface area is 132 Å². The van der Waals surface area contributed by atoms with Gasteiger partial charge in [0.2, 0.25) is 0 Å². The number of carboxylic acid groups (broad SMARTS) is 1. The summed E-state index contributed by atoms with van der Waals surface area (Å²) in [5.41, 5.74) is 1.43. The summed E-state index contributed by atoms with van der Waals surface area (Å²) in [5.74, 6) is -2.20. The lowest BCUT2D eigenvalue weighted by molar-refractivity contribution is 0.0599. The number of esters is 1. The molecule has 0 bridgehead atoms. The molecule has 118 valence electrons. The third kappa shape index (κ3) is 3.74. The molecular formula is C17H15NO5. The predicted octanol–water partition coefficient (Wildman–Crippen LogP) is 2.73. The van der Waals surface area contributed by atoms with Gasteiger partial charge in [0.05, 0.1) is 23.9 Å². The molecule has 0 unspecified atom stereocenters. The number of ether oxygens (including phenoxy) is 1. The maximum Gasteiger partial charge on any atom is 0.337 e. The van der Waals surface area contributed by atoms with Crippen molar-refractivity contribution in [3.63, 3.8) is 0 Å². The highest BCUT2D eigenvalue weighted by Gasteiger charge is 2.15. The molecular weight excluding hydrogens is 298 g/mol. The van der Waals surface area contributed by atoms with E-state index in [2.05, 4.69) is 10.1 Å². The van der Waals surface area contributed by atoms with Crippen molar-refractivity contribution >= 4 is 23.5 Å². The Balaban J connectivity index is 2.30. The third-order valence-corrected chi connectivity index (χ3v) is 3.20. The number of carboxylic acids is 1. The number of aryl methyl sites for hydroxylation is 1. The second kappa shape index (κ2) is 6.74. The minimum atomic E-state index is -1.13. The van der Waals surface area contributed by atoms with Gasteiger partial charge in [-0.1, -0.05) is 17.7 Å². The van der Waals surface area contributed by atoms with Gasteiger partial charge in [-0.3, -0.25) is 4.79 Å². The van der Waals surface area contributed by atoms with Crippen LogP contribution >= 0.6 is 0 Å². The maximum absolute atomic E-state index is 12.3. The van der Waals surface area contributed by atoms with Crippen molar-refractivity contribution in [2.75, 3.05) is 12.4 Å². The first-order valence-corrected chi connectivity index (χ1v) is 6.76. The molecule has 0 saturated heterocycles. The lowest BCUT2D eigenvalue weighted by atomic mass is 10.1. The van der Waals surface area contributed by atoms with Crippen LogP contribution in [0.1, 0.15) is 36.6 Å². The first kappa shape index (κ1) is 16.2. The monoisotopic (exact) mass is 313 g/mol. The number of anilines is 1. The number of nitrogens with one attached hydrogen (secondary N) is 1. The van der Waals surface area contributed by atoms with Gasteiger partial charge in [-0.05, 0) is 37.3 Å². The zero-order chi connectivity index (χ0) is 17.0. The molecule has 0 aromatic heterocycles. The molecule has 0 fully saturated rings. The van der Waals surface area contributed by atoms with E-state index in [9.17, 15) is 19.5 Å². The zero-order valence-electron chi connectivity index (χ0n) is 12.6. The van der Waals surface area contributed by atoms with Gasteiger partial charge in [0, 0.05) is 5.56 Å². The molecule has 2 aromatic rings. The van der Waals surface area contributed by atoms with Crippen LogP contribution < -0.4 is 5.32 Å². The highest BCUT2D eigenvalue weighted by Crippen LogP contribution is 2.19. The van der Waals surface area contributed by atoms with Crippen molar-refractivity contribution in [3.8, 4) is 0 Å². The molecule has 0 radical (unpaired) electrons. The van der Waals surface area contributed by atoms with Crippen LogP contribution in [0.3, 0.4) is 0 Å². The number of amides is 1. The minimum Gasteiger partial charge on any atom is -0.478 e. The van der Waals surface area contributed by atoms with E-state index in [-0.39, 0.29) is 22.4 Å². The molecule has 6 heteroatoms. The van der Waals surface area contributed by atoms with E-state index in [0.29, 0.717) is 0 Å². The summed E-state index contributed by atoms with van der Waals surface area (Å²) in [6.45, 7) is 1.76. The van der Waals surface area contributed by atoms with E-state index in [1.165, 1.54) is 37.4 Å². The fraction of sp³-hybridized carbons (Fsp3) is 0.118. The Kier molecular flexibility index (Phi) is 4.75. The van der Waals surface area contributed by atoms with E-state index in [1.807, 2.05) is 0 Å². The highest BCUT2D eigenvalue weighted by molar-refractivity contribution is 6.08. The molecule has 2 aromatic carbocycles. The van der Waals surface area contributed by atoms with Crippen molar-refractivity contribution in [1.82, 2.24) is 0 Å². The van der Waals surface area contributed by atoms with Crippen LogP contribution in [0.5, 0.6) is 0 Å². The average Bonchev–Trinajstić information content (AvgIpc) is 2.55. The van der Waals surface area contributed by atoms with E-state index in [0.717, 1.165) is 5.56 Å². The second-order valence-corrected chi connectivity index (χ2v) is 4.88. The topological polar surface area (TPSA) is 92.7 Å². The van der Waals surface area contributed by atoms with Crippen LogP contribution in [-0.4, -0.2) is 30.1 Å². The first-order chi connectivity index (χ1) is 10.9. The smallest absolute Gasteiger partial charge is 0.337 e. The summed E-state index contributed by atoms with van der Waals surface area (Å²) >= 11 is 0. The number of methoxy groups -OCH3 is 1. The molecule has 23 heavy (non-hydrogen) atoms. The van der Waals surface area contributed by atoms with Gasteiger partial charge in [-0.25, -0.2) is 9.59 Å². The van der Waals surface area contributed by atoms with Gasteiger partial charge in [-0.15, -0.1) is 0 Å². The number of carbonyl (C=O) groups is 3. The van der Waals surface area contributed by atoms with Crippen LogP contribution in [0.15, 0.2) is 42.5 Å². The van der Waals surface area contributed by atoms with E-state index in [1.54, 1.807) is 19.1 Å². The lowest BCUT2D eigenvalue weighted by Crippen LogP contribution is -2.15. The second-order valence-electron chi connectivity index (χ2n) is 4.88. The SMILES string of the molecule is COC(=O)c1cccc(C(=O)Nc2ccc(C)cc2C(=O)O)c1. The maximum atomic E-state index is 12.3. The summed E-state index contributed by atoms with van der Waals surface area (Å²) < 4.78 is 4.60. The third-order valence-electron chi connectivity index (χ3n) is 3.20. The van der Waals surface area contributed by atoms with Crippen molar-refractivity contribution in [1.29, 1.82) is 0 Å². The largest absolute Gasteiger partial charge is 0.478 e. The molecule has 0 aliphatic rings. The summed E-state index contributed by atoms with van der Waals surface area (Å²) in [6.07, 6.45) is 0. The van der Waals surface area contributed by atoms with E-state index >= 15 is 0 Å². The van der Waals surface area contributed by atoms with E-state index < -0.39 is 17.8 Å². The molecule has 2 rings (SSSR count). The number of carbonyl (C=O) groups excluding carboxylic acids is 2. The minimum absolute atomic E-state index is 0.00229. The molecule has 6 nitrogen and oxygen atoms in total. The number of hydrogen-bond donors (Lipinski definition) is 2. The number of hydrogen-bond acceptors (Lipinski definition) is 4. The van der Waals surface area contributed by atoms with Crippen LogP contribution in [-0.2, 0) is 4.74 Å². The van der Waals surface area contributed by atoms with Crippen molar-refractivity contribution in [2.24, 2.45) is 0 Å². The first-order valence-electron chi connectivity index (χ1n) is 6.76. The highest BCUT2D eigenvalue weighted by atomic mass is 16.5. The number of aromatic carboxylic acids is 1. The molecule has 0 spiro atoms. The summed E-state index contributed by atoms with van der Waals surface area (Å²) in [6, 6.07) is 10.7. The van der Waals surface area contributed by atoms with Gasteiger partial charge in [0.25, 0.3) is 5.91 Å². The quantitative estimate of drug-likeness (QED) is 0.847. The molecule has 2 N–H and O–H groups in total. The van der Waals surface area contributed by atoms with Gasteiger partial charge in [-0.2, -0.15) is 0 Å². The summed E-state index contributed by atoms with van der Waals surface area (Å²) in [5, 5.41) is 11.8. The average molecular weight is 313 g/mol. The Hall–Kier alpha value is -3.15. The molecule has 0 atom stereocenters. The van der Waals surface area contributed by atoms with E-state index in [4.69, 9.17) is 0 Å². The Morgan fingerprint density at radius 3 is 2.39 bits per heavy atom. The standard InChI is InChI=1S/C17H15NO5/c1-10-6-7-14(13(8-10)16(20)21)18-15(19)11-4-3-5-12(9-11)17(22)23-2/h3-9H,1-2H3,(H,18,19)(H,20,21). The van der Waals surface area contributed by atoms with Gasteiger partial charge in [0.15, 0.2) is 0 Å². The Morgan fingerprint density at radius 1 is 1.04 bits per heavy atom. The van der Waals surface area contributed by atoms with Crippen molar-refractivity contribution < 1.29 is 24.2 Å². The molecule has 0 saturated carbocycles. The van der Waals surface area contributed by atoms with Crippen LogP contribution in [0, 0.1) is 6.92 Å². The molecule has 1 amide bonds. The van der Waals surface area contributed by atoms with Gasteiger partial charge < -0.3 is 15.2 Å². The van der Waals surface area contributed by atoms with Gasteiger partial charge >= 0.3 is 11.9 Å². The normalized spacial score (nSPS) is 10.0. The van der Waals surface area contributed by atoms with Crippen LogP contribution in [0.25, 0.3) is 0 Å². The molecule has 0 aliphatic carbocycles. The number of rotatable bonds is 4. The van der Waals surface area contributed by atoms with Gasteiger partial charge in [0.1, 0.15) is 0 Å². The molecule has 0 heterocycles. The van der Waals surface area contributed by atoms with Crippen molar-refractivity contribution in [2.45, 2.75) is 6.92 Å². The Morgan fingerprint density at radius 2 is 1.74 bits per heavy atom. The fourth-order valence-corrected chi connectivity index (χ4v) is 2.04. The lowest BCUT2D eigenvalue weighted by Gasteiger charge is -2.10. The van der Waals surface area contributed by atoms with Crippen molar-refractivity contribution in [3.05, 3.63) is 64.7 Å². The zero-order valence-corrected chi connectivity index (χ0v) is 12.6. The van der Waals surface area contributed by atoms with Crippen LogP contribution in [0.4, 0.5) is 5.69 Å². The summed E-state index contributed by atoms with van der Waals surface area (Å²) in [7, 11) is 1.25. The Bertz CT molecular complexity index is 782. The number of benzene rings is 2. The summed E-state index contributed by atoms with van der Waals surface area (Å²) in [4.78, 5) is 35.0. The predicted molar refractivity (Wildman–Crippen MR) is 83.9 cm³/mol.